The maximum absolute atomic E-state index is 14.0. The summed E-state index contributed by atoms with van der Waals surface area (Å²) in [6.07, 6.45) is 0.154. The summed E-state index contributed by atoms with van der Waals surface area (Å²) in [6, 6.07) is 14.5. The number of carbonyl (C=O) groups excluding carboxylic acids is 1. The highest BCUT2D eigenvalue weighted by molar-refractivity contribution is 7.89. The second-order valence-electron chi connectivity index (χ2n) is 11.8. The Kier molecular flexibility index (Phi) is 11.3. The first kappa shape index (κ1) is 32.5. The van der Waals surface area contributed by atoms with Crippen LogP contribution in [0.15, 0.2) is 59.5 Å². The maximum atomic E-state index is 14.0. The number of nitro groups is 1. The quantitative estimate of drug-likeness (QED) is 0.203. The van der Waals surface area contributed by atoms with E-state index >= 15 is 0 Å². The van der Waals surface area contributed by atoms with E-state index < -0.39 is 26.6 Å². The van der Waals surface area contributed by atoms with Crippen LogP contribution < -0.4 is 10.6 Å². The van der Waals surface area contributed by atoms with Crippen molar-refractivity contribution in [3.05, 3.63) is 70.3 Å². The monoisotopic (exact) mass is 589 g/mol. The molecule has 3 rings (SSSR count). The molecule has 1 aliphatic rings. The number of sulfonamides is 1. The first-order valence-corrected chi connectivity index (χ1v) is 15.4. The van der Waals surface area contributed by atoms with Gasteiger partial charge in [-0.05, 0) is 50.8 Å². The number of nitrogens with one attached hydrogen (secondary N) is 2. The van der Waals surface area contributed by atoms with Gasteiger partial charge in [0.2, 0.25) is 10.0 Å². The lowest BCUT2D eigenvalue weighted by atomic mass is 10.1. The lowest BCUT2D eigenvalue weighted by Gasteiger charge is -2.32. The molecule has 1 aliphatic heterocycles. The fourth-order valence-corrected chi connectivity index (χ4v) is 6.46. The topological polar surface area (TPSA) is 134 Å². The van der Waals surface area contributed by atoms with Gasteiger partial charge in [0, 0.05) is 57.4 Å². The second kappa shape index (κ2) is 14.2. The molecule has 2 N–H and O–H groups in total. The Labute approximate surface area is 243 Å². The van der Waals surface area contributed by atoms with Crippen LogP contribution in [0, 0.1) is 16.0 Å². The highest BCUT2D eigenvalue weighted by Crippen LogP contribution is 2.27. The van der Waals surface area contributed by atoms with Crippen molar-refractivity contribution in [2.45, 2.75) is 70.2 Å². The van der Waals surface area contributed by atoms with E-state index in [1.807, 2.05) is 44.2 Å². The summed E-state index contributed by atoms with van der Waals surface area (Å²) in [5.74, 6) is 0.274. The van der Waals surface area contributed by atoms with Gasteiger partial charge in [0.05, 0.1) is 15.9 Å². The summed E-state index contributed by atoms with van der Waals surface area (Å²) in [6.45, 7) is 12.3. The van der Waals surface area contributed by atoms with Gasteiger partial charge in [-0.2, -0.15) is 4.31 Å². The average Bonchev–Trinajstić information content (AvgIpc) is 3.27. The number of non-ortho nitro benzene ring substituents is 1. The molecule has 11 nitrogen and oxygen atoms in total. The van der Waals surface area contributed by atoms with Crippen LogP contribution in [0.5, 0.6) is 0 Å². The van der Waals surface area contributed by atoms with Crippen LogP contribution in [-0.2, 0) is 21.3 Å². The van der Waals surface area contributed by atoms with Crippen molar-refractivity contribution in [1.29, 1.82) is 0 Å². The van der Waals surface area contributed by atoms with Crippen LogP contribution in [0.4, 0.5) is 10.5 Å². The fraction of sp³-hybridized carbons (Fsp3) is 0.552. The van der Waals surface area contributed by atoms with Gasteiger partial charge in [-0.3, -0.25) is 15.0 Å². The lowest BCUT2D eigenvalue weighted by Crippen LogP contribution is -2.53. The average molecular weight is 590 g/mol. The number of benzene rings is 2. The molecule has 0 aliphatic carbocycles. The van der Waals surface area contributed by atoms with Crippen LogP contribution in [0.1, 0.15) is 46.6 Å². The number of rotatable bonds is 13. The molecule has 0 saturated carbocycles. The van der Waals surface area contributed by atoms with Gasteiger partial charge >= 0.3 is 6.09 Å². The summed E-state index contributed by atoms with van der Waals surface area (Å²) in [7, 11) is -3.96. The molecule has 2 aromatic carbocycles. The summed E-state index contributed by atoms with van der Waals surface area (Å²) in [5.41, 5.74) is 0.366. The van der Waals surface area contributed by atoms with Crippen LogP contribution in [-0.4, -0.2) is 79.0 Å². The molecule has 41 heavy (non-hydrogen) atoms. The molecule has 0 spiro atoms. The van der Waals surface area contributed by atoms with E-state index in [1.165, 1.54) is 24.3 Å². The minimum Gasteiger partial charge on any atom is -0.444 e. The minimum atomic E-state index is -3.96. The summed E-state index contributed by atoms with van der Waals surface area (Å²) >= 11 is 0. The van der Waals surface area contributed by atoms with E-state index in [0.717, 1.165) is 5.56 Å². The standard InChI is InChI=1S/C29H43N5O6S/c1-22(2)15-18-33(41(38,39)25-13-11-24(12-14-25)34(36)37)27-21-32(19-23-9-7-6-8-10-23)20-26(27)30-16-17-31-28(35)40-29(3,4)5/h6-14,22,26-27,30H,15-21H2,1-5H3,(H,31,35)/t26-,27-/m1/s1. The highest BCUT2D eigenvalue weighted by Gasteiger charge is 2.42. The Morgan fingerprint density at radius 2 is 1.76 bits per heavy atom. The van der Waals surface area contributed by atoms with Gasteiger partial charge < -0.3 is 15.4 Å². The van der Waals surface area contributed by atoms with Gasteiger partial charge in [-0.15, -0.1) is 0 Å². The summed E-state index contributed by atoms with van der Waals surface area (Å²) < 4.78 is 34.9. The number of hydrogen-bond acceptors (Lipinski definition) is 8. The van der Waals surface area contributed by atoms with Crippen molar-refractivity contribution < 1.29 is 22.9 Å². The molecule has 0 aromatic heterocycles. The van der Waals surface area contributed by atoms with Crippen molar-refractivity contribution in [3.8, 4) is 0 Å². The molecule has 0 radical (unpaired) electrons. The molecular weight excluding hydrogens is 546 g/mol. The third-order valence-corrected chi connectivity index (χ3v) is 8.70. The zero-order valence-electron chi connectivity index (χ0n) is 24.6. The lowest BCUT2D eigenvalue weighted by molar-refractivity contribution is -0.384. The first-order chi connectivity index (χ1) is 19.3. The zero-order chi connectivity index (χ0) is 30.2. The molecule has 226 valence electrons. The predicted octanol–water partition coefficient (Wildman–Crippen LogP) is 4.00. The SMILES string of the molecule is CC(C)CCN([C@@H]1CN(Cc2ccccc2)C[C@H]1NCCNC(=O)OC(C)(C)C)S(=O)(=O)c1ccc([N+](=O)[O-])cc1. The van der Waals surface area contributed by atoms with Gasteiger partial charge in [-0.1, -0.05) is 44.2 Å². The van der Waals surface area contributed by atoms with Crippen molar-refractivity contribution in [1.82, 2.24) is 19.8 Å². The largest absolute Gasteiger partial charge is 0.444 e. The molecule has 0 bridgehead atoms. The molecule has 12 heteroatoms. The zero-order valence-corrected chi connectivity index (χ0v) is 25.4. The third kappa shape index (κ3) is 9.77. The number of alkyl carbamates (subject to hydrolysis) is 1. The van der Waals surface area contributed by atoms with Crippen molar-refractivity contribution in [3.63, 3.8) is 0 Å². The normalized spacial score (nSPS) is 18.1. The molecule has 1 heterocycles. The second-order valence-corrected chi connectivity index (χ2v) is 13.7. The molecule has 2 atom stereocenters. The number of amides is 1. The Hall–Kier alpha value is -3.06. The van der Waals surface area contributed by atoms with Crippen molar-refractivity contribution in [2.24, 2.45) is 5.92 Å². The molecule has 2 aromatic rings. The van der Waals surface area contributed by atoms with Crippen molar-refractivity contribution in [2.75, 3.05) is 32.7 Å². The first-order valence-electron chi connectivity index (χ1n) is 14.0. The van der Waals surface area contributed by atoms with Crippen LogP contribution in [0.3, 0.4) is 0 Å². The Balaban J connectivity index is 1.83. The molecule has 0 unspecified atom stereocenters. The van der Waals surface area contributed by atoms with E-state index in [0.29, 0.717) is 45.7 Å². The van der Waals surface area contributed by atoms with E-state index in [2.05, 4.69) is 15.5 Å². The van der Waals surface area contributed by atoms with Crippen LogP contribution in [0.2, 0.25) is 0 Å². The molecule has 1 fully saturated rings. The van der Waals surface area contributed by atoms with Crippen molar-refractivity contribution >= 4 is 21.8 Å². The maximum Gasteiger partial charge on any atom is 0.407 e. The predicted molar refractivity (Wildman–Crippen MR) is 158 cm³/mol. The summed E-state index contributed by atoms with van der Waals surface area (Å²) in [4.78, 5) is 24.9. The number of likely N-dealkylation sites (tertiary alicyclic amines) is 1. The smallest absolute Gasteiger partial charge is 0.407 e. The van der Waals surface area contributed by atoms with Gasteiger partial charge in [0.1, 0.15) is 5.60 Å². The van der Waals surface area contributed by atoms with Gasteiger partial charge in [0.15, 0.2) is 0 Å². The van der Waals surface area contributed by atoms with Gasteiger partial charge in [0.25, 0.3) is 5.69 Å². The van der Waals surface area contributed by atoms with Crippen LogP contribution in [0.25, 0.3) is 0 Å². The molecule has 1 amide bonds. The van der Waals surface area contributed by atoms with E-state index in [-0.39, 0.29) is 28.6 Å². The number of nitro benzene ring substituents is 1. The van der Waals surface area contributed by atoms with Crippen LogP contribution >= 0.6 is 0 Å². The summed E-state index contributed by atoms with van der Waals surface area (Å²) in [5, 5.41) is 17.4. The number of carbonyl (C=O) groups is 1. The highest BCUT2D eigenvalue weighted by atomic mass is 32.2. The van der Waals surface area contributed by atoms with E-state index in [1.54, 1.807) is 25.1 Å². The van der Waals surface area contributed by atoms with E-state index in [9.17, 15) is 23.3 Å². The van der Waals surface area contributed by atoms with E-state index in [4.69, 9.17) is 4.74 Å². The minimum absolute atomic E-state index is 0.0266. The molecular formula is C29H43N5O6S. The third-order valence-electron chi connectivity index (χ3n) is 6.76. The Morgan fingerprint density at radius 1 is 1.10 bits per heavy atom. The number of ether oxygens (including phenoxy) is 1. The Morgan fingerprint density at radius 3 is 2.34 bits per heavy atom. The fourth-order valence-electron chi connectivity index (χ4n) is 4.79. The number of hydrogen-bond donors (Lipinski definition) is 2. The molecule has 1 saturated heterocycles. The van der Waals surface area contributed by atoms with Gasteiger partial charge in [-0.25, -0.2) is 13.2 Å². The Bertz CT molecular complexity index is 1250. The number of nitrogens with zero attached hydrogens (tertiary/aromatic N) is 3.